The number of furan rings is 1. The van der Waals surface area contributed by atoms with E-state index in [-0.39, 0.29) is 12.5 Å². The van der Waals surface area contributed by atoms with Gasteiger partial charge in [0.05, 0.1) is 18.4 Å². The fourth-order valence-electron chi connectivity index (χ4n) is 2.29. The Balaban J connectivity index is 1.96. The van der Waals surface area contributed by atoms with E-state index in [1.807, 2.05) is 0 Å². The molecule has 24 heavy (non-hydrogen) atoms. The first-order chi connectivity index (χ1) is 11.3. The lowest BCUT2D eigenvalue weighted by Crippen LogP contribution is -2.35. The monoisotopic (exact) mass is 341 g/mol. The smallest absolute Gasteiger partial charge is 0.416 e. The molecule has 130 valence electrons. The average molecular weight is 341 g/mol. The summed E-state index contributed by atoms with van der Waals surface area (Å²) in [5, 5.41) is 12.0. The Labute approximate surface area is 137 Å². The Morgan fingerprint density at radius 3 is 2.42 bits per heavy atom. The van der Waals surface area contributed by atoms with E-state index in [1.165, 1.54) is 18.4 Å². The van der Waals surface area contributed by atoms with Gasteiger partial charge in [0, 0.05) is 5.92 Å². The van der Waals surface area contributed by atoms with Crippen LogP contribution in [0, 0.1) is 5.92 Å². The molecule has 2 aromatic rings. The normalized spacial score (nSPS) is 14.2. The van der Waals surface area contributed by atoms with E-state index < -0.39 is 23.7 Å². The number of nitrogens with one attached hydrogen (secondary N) is 1. The first-order valence-electron chi connectivity index (χ1n) is 7.42. The Morgan fingerprint density at radius 1 is 1.25 bits per heavy atom. The van der Waals surface area contributed by atoms with Crippen molar-refractivity contribution in [2.45, 2.75) is 25.6 Å². The molecule has 7 heteroatoms. The van der Waals surface area contributed by atoms with Gasteiger partial charge in [-0.15, -0.1) is 0 Å². The van der Waals surface area contributed by atoms with Gasteiger partial charge < -0.3 is 14.8 Å². The molecule has 2 unspecified atom stereocenters. The zero-order valence-electron chi connectivity index (χ0n) is 13.0. The minimum absolute atomic E-state index is 0.292. The SMILES string of the molecule is CC(Cc1ccc(C(F)(F)F)cc1)C(=O)NC(CO)c1ccco1. The fourth-order valence-corrected chi connectivity index (χ4v) is 2.29. The number of halogens is 3. The molecule has 1 aromatic heterocycles. The molecule has 0 fully saturated rings. The third kappa shape index (κ3) is 4.61. The second-order valence-corrected chi connectivity index (χ2v) is 5.56. The van der Waals surface area contributed by atoms with Crippen molar-refractivity contribution >= 4 is 5.91 Å². The van der Waals surface area contributed by atoms with Crippen LogP contribution in [-0.2, 0) is 17.4 Å². The molecule has 4 nitrogen and oxygen atoms in total. The van der Waals surface area contributed by atoms with Gasteiger partial charge in [-0.25, -0.2) is 0 Å². The highest BCUT2D eigenvalue weighted by Crippen LogP contribution is 2.29. The second-order valence-electron chi connectivity index (χ2n) is 5.56. The Kier molecular flexibility index (Phi) is 5.66. The lowest BCUT2D eigenvalue weighted by Gasteiger charge is -2.18. The van der Waals surface area contributed by atoms with Gasteiger partial charge in [0.1, 0.15) is 11.8 Å². The molecule has 1 amide bonds. The predicted octanol–water partition coefficient (Wildman–Crippen LogP) is 3.33. The van der Waals surface area contributed by atoms with Crippen LogP contribution < -0.4 is 5.32 Å². The number of amides is 1. The summed E-state index contributed by atoms with van der Waals surface area (Å²) in [5.74, 6) is -0.344. The molecule has 0 aliphatic carbocycles. The predicted molar refractivity (Wildman–Crippen MR) is 81.0 cm³/mol. The van der Waals surface area contributed by atoms with Crippen LogP contribution in [-0.4, -0.2) is 17.6 Å². The fraction of sp³-hybridized carbons (Fsp3) is 0.353. The molecule has 0 bridgehead atoms. The lowest BCUT2D eigenvalue weighted by molar-refractivity contribution is -0.137. The van der Waals surface area contributed by atoms with E-state index in [9.17, 15) is 23.1 Å². The summed E-state index contributed by atoms with van der Waals surface area (Å²) in [6.45, 7) is 1.36. The Hall–Kier alpha value is -2.28. The molecule has 0 saturated heterocycles. The maximum Gasteiger partial charge on any atom is 0.416 e. The standard InChI is InChI=1S/C17H18F3NO3/c1-11(9-12-4-6-13(7-5-12)17(18,19)20)16(23)21-14(10-22)15-3-2-8-24-15/h2-8,11,14,22H,9-10H2,1H3,(H,21,23). The van der Waals surface area contributed by atoms with E-state index in [0.29, 0.717) is 17.7 Å². The summed E-state index contributed by atoms with van der Waals surface area (Å²) < 4.78 is 42.7. The molecule has 0 aliphatic rings. The van der Waals surface area contributed by atoms with Crippen molar-refractivity contribution in [3.05, 3.63) is 59.5 Å². The molecule has 1 aromatic carbocycles. The van der Waals surface area contributed by atoms with Crippen LogP contribution in [0.1, 0.15) is 29.9 Å². The highest BCUT2D eigenvalue weighted by atomic mass is 19.4. The summed E-state index contributed by atoms with van der Waals surface area (Å²) in [7, 11) is 0. The summed E-state index contributed by atoms with van der Waals surface area (Å²) >= 11 is 0. The van der Waals surface area contributed by atoms with Gasteiger partial charge in [-0.1, -0.05) is 19.1 Å². The van der Waals surface area contributed by atoms with Gasteiger partial charge in [-0.2, -0.15) is 13.2 Å². The van der Waals surface area contributed by atoms with Gasteiger partial charge in [-0.3, -0.25) is 4.79 Å². The average Bonchev–Trinajstić information content (AvgIpc) is 3.06. The zero-order valence-corrected chi connectivity index (χ0v) is 13.0. The number of carbonyl (C=O) groups is 1. The van der Waals surface area contributed by atoms with Crippen LogP contribution in [0.3, 0.4) is 0 Å². The quantitative estimate of drug-likeness (QED) is 0.847. The lowest BCUT2D eigenvalue weighted by atomic mass is 9.99. The number of hydrogen-bond acceptors (Lipinski definition) is 3. The first kappa shape index (κ1) is 18.1. The topological polar surface area (TPSA) is 62.5 Å². The molecule has 0 saturated carbocycles. The second kappa shape index (κ2) is 7.53. The molecule has 0 radical (unpaired) electrons. The highest BCUT2D eigenvalue weighted by Gasteiger charge is 2.30. The van der Waals surface area contributed by atoms with Crippen molar-refractivity contribution in [1.82, 2.24) is 5.32 Å². The van der Waals surface area contributed by atoms with Gasteiger partial charge in [-0.05, 0) is 36.2 Å². The van der Waals surface area contributed by atoms with Crippen LogP contribution in [0.15, 0.2) is 47.1 Å². The van der Waals surface area contributed by atoms with E-state index in [2.05, 4.69) is 5.32 Å². The number of alkyl halides is 3. The highest BCUT2D eigenvalue weighted by molar-refractivity contribution is 5.79. The zero-order chi connectivity index (χ0) is 17.7. The Morgan fingerprint density at radius 2 is 1.92 bits per heavy atom. The van der Waals surface area contributed by atoms with Crippen molar-refractivity contribution in [1.29, 1.82) is 0 Å². The minimum atomic E-state index is -4.38. The third-order valence-electron chi connectivity index (χ3n) is 3.66. The number of carbonyl (C=O) groups excluding carboxylic acids is 1. The first-order valence-corrected chi connectivity index (χ1v) is 7.42. The molecular formula is C17H18F3NO3. The maximum atomic E-state index is 12.5. The number of aliphatic hydroxyl groups is 1. The summed E-state index contributed by atoms with van der Waals surface area (Å²) in [6, 6.07) is 7.36. The molecule has 2 N–H and O–H groups in total. The van der Waals surface area contributed by atoms with E-state index in [0.717, 1.165) is 12.1 Å². The minimum Gasteiger partial charge on any atom is -0.467 e. The van der Waals surface area contributed by atoms with E-state index in [1.54, 1.807) is 19.1 Å². The van der Waals surface area contributed by atoms with Gasteiger partial charge >= 0.3 is 6.18 Å². The van der Waals surface area contributed by atoms with Crippen molar-refractivity contribution in [2.24, 2.45) is 5.92 Å². The van der Waals surface area contributed by atoms with Crippen molar-refractivity contribution < 1.29 is 27.5 Å². The van der Waals surface area contributed by atoms with Crippen molar-refractivity contribution in [3.63, 3.8) is 0 Å². The van der Waals surface area contributed by atoms with Crippen LogP contribution >= 0.6 is 0 Å². The van der Waals surface area contributed by atoms with Crippen LogP contribution in [0.5, 0.6) is 0 Å². The number of hydrogen-bond donors (Lipinski definition) is 2. The molecule has 0 spiro atoms. The Bertz CT molecular complexity index is 651. The van der Waals surface area contributed by atoms with Crippen LogP contribution in [0.2, 0.25) is 0 Å². The van der Waals surface area contributed by atoms with Gasteiger partial charge in [0.15, 0.2) is 0 Å². The summed E-state index contributed by atoms with van der Waals surface area (Å²) in [6.07, 6.45) is -2.64. The molecular weight excluding hydrogens is 323 g/mol. The number of benzene rings is 1. The molecule has 2 rings (SSSR count). The maximum absolute atomic E-state index is 12.5. The van der Waals surface area contributed by atoms with Crippen molar-refractivity contribution in [2.75, 3.05) is 6.61 Å². The van der Waals surface area contributed by atoms with Crippen LogP contribution in [0.4, 0.5) is 13.2 Å². The molecule has 0 aliphatic heterocycles. The van der Waals surface area contributed by atoms with Crippen molar-refractivity contribution in [3.8, 4) is 0 Å². The van der Waals surface area contributed by atoms with Gasteiger partial charge in [0.2, 0.25) is 5.91 Å². The third-order valence-corrected chi connectivity index (χ3v) is 3.66. The van der Waals surface area contributed by atoms with Gasteiger partial charge in [0.25, 0.3) is 0 Å². The van der Waals surface area contributed by atoms with E-state index in [4.69, 9.17) is 4.42 Å². The molecule has 1 heterocycles. The number of aliphatic hydroxyl groups excluding tert-OH is 1. The molecule has 2 atom stereocenters. The summed E-state index contributed by atoms with van der Waals surface area (Å²) in [5.41, 5.74) is -0.0919. The largest absolute Gasteiger partial charge is 0.467 e. The van der Waals surface area contributed by atoms with E-state index >= 15 is 0 Å². The van der Waals surface area contributed by atoms with Crippen LogP contribution in [0.25, 0.3) is 0 Å². The number of rotatable bonds is 6. The summed E-state index contributed by atoms with van der Waals surface area (Å²) in [4.78, 5) is 12.2.